The van der Waals surface area contributed by atoms with Gasteiger partial charge in [0.25, 0.3) is 0 Å². The predicted molar refractivity (Wildman–Crippen MR) is 71.9 cm³/mol. The van der Waals surface area contributed by atoms with Gasteiger partial charge in [0, 0.05) is 18.4 Å². The lowest BCUT2D eigenvalue weighted by Gasteiger charge is -2.09. The monoisotopic (exact) mass is 267 g/mol. The molecular weight excluding hydrogens is 253 g/mol. The number of anilines is 2. The number of hydrogen-bond donors (Lipinski definition) is 1. The number of nitrogens with one attached hydrogen (secondary N) is 1. The van der Waals surface area contributed by atoms with Gasteiger partial charge in [-0.1, -0.05) is 18.5 Å². The summed E-state index contributed by atoms with van der Waals surface area (Å²) in [5, 5.41) is 3.22. The minimum Gasteiger partial charge on any atom is -0.326 e. The first kappa shape index (κ1) is 12.9. The number of hydrogen-bond acceptors (Lipinski definition) is 2. The maximum atomic E-state index is 13.3. The van der Waals surface area contributed by atoms with E-state index in [0.29, 0.717) is 5.69 Å². The fraction of sp³-hybridized carbons (Fsp3) is 0.308. The van der Waals surface area contributed by atoms with Crippen molar-refractivity contribution in [1.82, 2.24) is 9.55 Å². The molecule has 5 heteroatoms. The zero-order chi connectivity index (χ0) is 13.1. The summed E-state index contributed by atoms with van der Waals surface area (Å²) < 4.78 is 15.4. The number of benzene rings is 1. The molecule has 2 rings (SSSR count). The quantitative estimate of drug-likeness (QED) is 0.902. The predicted octanol–water partition coefficient (Wildman–Crippen LogP) is 4.14. The van der Waals surface area contributed by atoms with Crippen molar-refractivity contribution in [2.24, 2.45) is 0 Å². The topological polar surface area (TPSA) is 29.9 Å². The van der Waals surface area contributed by atoms with Gasteiger partial charge in [-0.2, -0.15) is 0 Å². The van der Waals surface area contributed by atoms with Crippen molar-refractivity contribution in [2.45, 2.75) is 26.8 Å². The van der Waals surface area contributed by atoms with Gasteiger partial charge < -0.3 is 9.88 Å². The Kier molecular flexibility index (Phi) is 3.87. The lowest BCUT2D eigenvalue weighted by atomic mass is 10.3. The molecule has 0 saturated carbocycles. The Bertz CT molecular complexity index is 551. The highest BCUT2D eigenvalue weighted by Gasteiger charge is 2.07. The summed E-state index contributed by atoms with van der Waals surface area (Å²) in [5.41, 5.74) is 1.57. The molecule has 1 aromatic heterocycles. The molecular formula is C13H15ClFN3. The van der Waals surface area contributed by atoms with Crippen LogP contribution in [0.4, 0.5) is 16.0 Å². The van der Waals surface area contributed by atoms with E-state index >= 15 is 0 Å². The second-order valence-electron chi connectivity index (χ2n) is 4.15. The van der Waals surface area contributed by atoms with E-state index in [1.807, 2.05) is 17.7 Å². The molecule has 1 aromatic carbocycles. The van der Waals surface area contributed by atoms with Crippen LogP contribution < -0.4 is 5.32 Å². The van der Waals surface area contributed by atoms with Gasteiger partial charge in [0.15, 0.2) is 0 Å². The van der Waals surface area contributed by atoms with Crippen LogP contribution in [0, 0.1) is 12.7 Å². The highest BCUT2D eigenvalue weighted by Crippen LogP contribution is 2.22. The first-order valence-electron chi connectivity index (χ1n) is 5.86. The fourth-order valence-electron chi connectivity index (χ4n) is 1.76. The molecule has 0 bridgehead atoms. The van der Waals surface area contributed by atoms with Gasteiger partial charge in [0.1, 0.15) is 5.82 Å². The lowest BCUT2D eigenvalue weighted by Crippen LogP contribution is -2.02. The van der Waals surface area contributed by atoms with Crippen molar-refractivity contribution in [2.75, 3.05) is 5.32 Å². The number of imidazole rings is 1. The molecule has 96 valence electrons. The molecule has 0 saturated heterocycles. The van der Waals surface area contributed by atoms with E-state index in [1.165, 1.54) is 12.1 Å². The van der Waals surface area contributed by atoms with Crippen LogP contribution in [-0.4, -0.2) is 9.55 Å². The Morgan fingerprint density at radius 1 is 1.44 bits per heavy atom. The summed E-state index contributed by atoms with van der Waals surface area (Å²) in [5.74, 6) is 0.281. The van der Waals surface area contributed by atoms with Crippen LogP contribution in [0.2, 0.25) is 5.02 Å². The molecule has 0 radical (unpaired) electrons. The smallest absolute Gasteiger partial charge is 0.207 e. The molecule has 18 heavy (non-hydrogen) atoms. The van der Waals surface area contributed by atoms with Crippen LogP contribution in [0.15, 0.2) is 24.4 Å². The van der Waals surface area contributed by atoms with Gasteiger partial charge in [-0.3, -0.25) is 0 Å². The van der Waals surface area contributed by atoms with Crippen molar-refractivity contribution in [3.8, 4) is 0 Å². The highest BCUT2D eigenvalue weighted by atomic mass is 35.5. The van der Waals surface area contributed by atoms with E-state index in [1.54, 1.807) is 6.07 Å². The molecule has 2 aromatic rings. The number of nitrogens with zero attached hydrogens (tertiary/aromatic N) is 2. The Hall–Kier alpha value is -1.55. The molecule has 0 fully saturated rings. The molecule has 0 unspecified atom stereocenters. The average molecular weight is 268 g/mol. The Morgan fingerprint density at radius 3 is 2.89 bits per heavy atom. The summed E-state index contributed by atoms with van der Waals surface area (Å²) in [6.07, 6.45) is 2.98. The van der Waals surface area contributed by atoms with Crippen LogP contribution in [0.3, 0.4) is 0 Å². The Labute approximate surface area is 111 Å². The van der Waals surface area contributed by atoms with Gasteiger partial charge in [-0.25, -0.2) is 9.37 Å². The zero-order valence-electron chi connectivity index (χ0n) is 10.4. The van der Waals surface area contributed by atoms with Gasteiger partial charge in [0.05, 0.1) is 10.7 Å². The van der Waals surface area contributed by atoms with E-state index in [-0.39, 0.29) is 5.02 Å². The van der Waals surface area contributed by atoms with E-state index in [2.05, 4.69) is 17.2 Å². The average Bonchev–Trinajstić information content (AvgIpc) is 2.65. The summed E-state index contributed by atoms with van der Waals surface area (Å²) in [6, 6.07) is 4.62. The highest BCUT2D eigenvalue weighted by molar-refractivity contribution is 6.30. The van der Waals surface area contributed by atoms with Crippen LogP contribution in [0.1, 0.15) is 19.0 Å². The minimum atomic E-state index is -0.438. The normalized spacial score (nSPS) is 10.7. The second-order valence-corrected chi connectivity index (χ2v) is 4.56. The summed E-state index contributed by atoms with van der Waals surface area (Å²) in [4.78, 5) is 4.37. The van der Waals surface area contributed by atoms with Crippen LogP contribution in [0.25, 0.3) is 0 Å². The maximum absolute atomic E-state index is 13.3. The molecule has 0 aliphatic carbocycles. The van der Waals surface area contributed by atoms with Crippen molar-refractivity contribution in [3.63, 3.8) is 0 Å². The van der Waals surface area contributed by atoms with Crippen molar-refractivity contribution >= 4 is 23.2 Å². The Morgan fingerprint density at radius 2 is 2.22 bits per heavy atom. The summed E-state index contributed by atoms with van der Waals surface area (Å²) in [6.45, 7) is 4.90. The first-order valence-corrected chi connectivity index (χ1v) is 6.23. The molecule has 3 nitrogen and oxygen atoms in total. The van der Waals surface area contributed by atoms with Crippen molar-refractivity contribution in [1.29, 1.82) is 0 Å². The Balaban J connectivity index is 2.24. The third-order valence-corrected chi connectivity index (χ3v) is 2.84. The molecule has 1 heterocycles. The molecule has 0 spiro atoms. The van der Waals surface area contributed by atoms with Crippen LogP contribution >= 0.6 is 11.6 Å². The lowest BCUT2D eigenvalue weighted by molar-refractivity contribution is 0.628. The molecule has 0 aliphatic rings. The number of aromatic nitrogens is 2. The van der Waals surface area contributed by atoms with E-state index in [9.17, 15) is 4.39 Å². The molecule has 0 aliphatic heterocycles. The van der Waals surface area contributed by atoms with E-state index < -0.39 is 5.82 Å². The molecule has 0 amide bonds. The van der Waals surface area contributed by atoms with Crippen molar-refractivity contribution < 1.29 is 4.39 Å². The summed E-state index contributed by atoms with van der Waals surface area (Å²) >= 11 is 5.65. The second kappa shape index (κ2) is 5.40. The molecule has 0 atom stereocenters. The standard InChI is InChI=1S/C13H15ClFN3/c1-3-6-18-8-9(2)16-13(18)17-10-4-5-11(14)12(15)7-10/h4-5,7-8H,3,6H2,1-2H3,(H,16,17). The fourth-order valence-corrected chi connectivity index (χ4v) is 1.88. The van der Waals surface area contributed by atoms with Gasteiger partial charge in [-0.05, 0) is 31.5 Å². The van der Waals surface area contributed by atoms with Gasteiger partial charge >= 0.3 is 0 Å². The van der Waals surface area contributed by atoms with Crippen LogP contribution in [-0.2, 0) is 6.54 Å². The third-order valence-electron chi connectivity index (χ3n) is 2.54. The van der Waals surface area contributed by atoms with Crippen LogP contribution in [0.5, 0.6) is 0 Å². The summed E-state index contributed by atoms with van der Waals surface area (Å²) in [7, 11) is 0. The SMILES string of the molecule is CCCn1cc(C)nc1Nc1ccc(Cl)c(F)c1. The largest absolute Gasteiger partial charge is 0.326 e. The maximum Gasteiger partial charge on any atom is 0.207 e. The van der Waals surface area contributed by atoms with Gasteiger partial charge in [-0.15, -0.1) is 0 Å². The number of aryl methyl sites for hydroxylation is 2. The first-order chi connectivity index (χ1) is 8.60. The zero-order valence-corrected chi connectivity index (χ0v) is 11.1. The van der Waals surface area contributed by atoms with Gasteiger partial charge in [0.2, 0.25) is 5.95 Å². The van der Waals surface area contributed by atoms with E-state index in [0.717, 1.165) is 24.6 Å². The third kappa shape index (κ3) is 2.82. The number of rotatable bonds is 4. The van der Waals surface area contributed by atoms with Crippen molar-refractivity contribution in [3.05, 3.63) is 40.9 Å². The van der Waals surface area contributed by atoms with E-state index in [4.69, 9.17) is 11.6 Å². The number of halogens is 2. The molecule has 1 N–H and O–H groups in total. The minimum absolute atomic E-state index is 0.119.